The predicted octanol–water partition coefficient (Wildman–Crippen LogP) is 1.05. The number of anilines is 1. The molecule has 1 unspecified atom stereocenters. The third-order valence-electron chi connectivity index (χ3n) is 1.99. The molecule has 2 N–H and O–H groups in total. The first-order valence-corrected chi connectivity index (χ1v) is 5.56. The van der Waals surface area contributed by atoms with Gasteiger partial charge in [-0.25, -0.2) is 4.98 Å². The van der Waals surface area contributed by atoms with Crippen LogP contribution in [-0.2, 0) is 4.74 Å². The van der Waals surface area contributed by atoms with Gasteiger partial charge in [-0.15, -0.1) is 0 Å². The molecule has 0 aliphatic carbocycles. The van der Waals surface area contributed by atoms with E-state index in [4.69, 9.17) is 4.74 Å². The molecule has 0 aromatic carbocycles. The van der Waals surface area contributed by atoms with Crippen LogP contribution in [0.2, 0.25) is 0 Å². The van der Waals surface area contributed by atoms with Gasteiger partial charge >= 0.3 is 0 Å². The molecule has 1 rings (SSSR count). The second-order valence-corrected chi connectivity index (χ2v) is 4.49. The Kier molecular flexibility index (Phi) is 4.44. The first-order valence-electron chi connectivity index (χ1n) is 4.79. The van der Waals surface area contributed by atoms with E-state index in [2.05, 4.69) is 14.7 Å². The van der Waals surface area contributed by atoms with Crippen LogP contribution in [0.25, 0.3) is 0 Å². The number of ether oxygens (including phenoxy) is 1. The topological polar surface area (TPSA) is 67.3 Å². The van der Waals surface area contributed by atoms with Gasteiger partial charge in [-0.3, -0.25) is 0 Å². The number of rotatable bonds is 6. The van der Waals surface area contributed by atoms with Gasteiger partial charge in [0.15, 0.2) is 0 Å². The Balaban J connectivity index is 2.35. The number of nitrogens with zero attached hydrogens (tertiary/aromatic N) is 2. The van der Waals surface area contributed by atoms with E-state index in [1.54, 1.807) is 14.0 Å². The van der Waals surface area contributed by atoms with Crippen LogP contribution in [0.1, 0.15) is 19.2 Å². The quantitative estimate of drug-likeness (QED) is 0.766. The van der Waals surface area contributed by atoms with Crippen LogP contribution in [0.15, 0.2) is 0 Å². The maximum absolute atomic E-state index is 9.93. The maximum atomic E-state index is 9.93. The molecular formula is C9H17N3O2S. The summed E-state index contributed by atoms with van der Waals surface area (Å²) < 4.78 is 8.96. The molecule has 15 heavy (non-hydrogen) atoms. The van der Waals surface area contributed by atoms with Gasteiger partial charge in [0, 0.05) is 38.2 Å². The van der Waals surface area contributed by atoms with Crippen molar-refractivity contribution in [2.75, 3.05) is 25.6 Å². The molecule has 1 atom stereocenters. The molecule has 86 valence electrons. The molecule has 1 heterocycles. The fraction of sp³-hybridized carbons (Fsp3) is 0.778. The summed E-state index contributed by atoms with van der Waals surface area (Å²) >= 11 is 1.30. The molecule has 0 bridgehead atoms. The number of hydrogen-bond acceptors (Lipinski definition) is 6. The highest BCUT2D eigenvalue weighted by Gasteiger charge is 2.20. The number of aryl methyl sites for hydroxylation is 1. The third kappa shape index (κ3) is 4.55. The van der Waals surface area contributed by atoms with E-state index in [-0.39, 0.29) is 0 Å². The molecule has 5 nitrogen and oxygen atoms in total. The minimum Gasteiger partial charge on any atom is -0.388 e. The van der Waals surface area contributed by atoms with Gasteiger partial charge in [0.25, 0.3) is 0 Å². The Bertz CT molecular complexity index is 301. The van der Waals surface area contributed by atoms with Crippen LogP contribution in [0.5, 0.6) is 0 Å². The summed E-state index contributed by atoms with van der Waals surface area (Å²) in [5.74, 6) is 0.749. The van der Waals surface area contributed by atoms with Crippen molar-refractivity contribution in [3.63, 3.8) is 0 Å². The molecule has 0 saturated heterocycles. The van der Waals surface area contributed by atoms with Gasteiger partial charge < -0.3 is 15.2 Å². The Morgan fingerprint density at radius 3 is 2.87 bits per heavy atom. The zero-order chi connectivity index (χ0) is 11.3. The van der Waals surface area contributed by atoms with Crippen LogP contribution >= 0.6 is 11.5 Å². The molecular weight excluding hydrogens is 214 g/mol. The van der Waals surface area contributed by atoms with Crippen LogP contribution in [0, 0.1) is 6.92 Å². The normalized spacial score (nSPS) is 14.9. The smallest absolute Gasteiger partial charge is 0.202 e. The molecule has 0 fully saturated rings. The van der Waals surface area contributed by atoms with Crippen LogP contribution in [-0.4, -0.2) is 40.3 Å². The molecule has 0 spiro atoms. The molecule has 0 radical (unpaired) electrons. The Morgan fingerprint density at radius 1 is 1.60 bits per heavy atom. The van der Waals surface area contributed by atoms with Gasteiger partial charge in [-0.05, 0) is 13.8 Å². The highest BCUT2D eigenvalue weighted by molar-refractivity contribution is 7.09. The van der Waals surface area contributed by atoms with Crippen LogP contribution < -0.4 is 5.32 Å². The van der Waals surface area contributed by atoms with Gasteiger partial charge in [-0.1, -0.05) is 0 Å². The van der Waals surface area contributed by atoms with Crippen molar-refractivity contribution < 1.29 is 9.84 Å². The molecule has 1 aromatic heterocycles. The van der Waals surface area contributed by atoms with E-state index < -0.39 is 5.60 Å². The lowest BCUT2D eigenvalue weighted by Gasteiger charge is -2.22. The standard InChI is InChI=1S/C9H17N3O2S/c1-7-11-8(15-12-7)10-6-9(2,13)4-5-14-3/h13H,4-6H2,1-3H3,(H,10,11,12). The summed E-state index contributed by atoms with van der Waals surface area (Å²) in [6.07, 6.45) is 0.592. The highest BCUT2D eigenvalue weighted by atomic mass is 32.1. The van der Waals surface area contributed by atoms with E-state index in [0.717, 1.165) is 11.0 Å². The van der Waals surface area contributed by atoms with E-state index in [1.807, 2.05) is 6.92 Å². The Labute approximate surface area is 93.7 Å². The monoisotopic (exact) mass is 231 g/mol. The lowest BCUT2D eigenvalue weighted by atomic mass is 10.0. The molecule has 6 heteroatoms. The zero-order valence-corrected chi connectivity index (χ0v) is 10.1. The van der Waals surface area contributed by atoms with Gasteiger partial charge in [0.1, 0.15) is 5.82 Å². The fourth-order valence-electron chi connectivity index (χ4n) is 1.05. The second kappa shape index (κ2) is 5.39. The van der Waals surface area contributed by atoms with Crippen molar-refractivity contribution in [1.29, 1.82) is 0 Å². The van der Waals surface area contributed by atoms with Crippen molar-refractivity contribution in [3.05, 3.63) is 5.82 Å². The SMILES string of the molecule is COCCC(C)(O)CNc1nc(C)ns1. The van der Waals surface area contributed by atoms with Crippen molar-refractivity contribution in [2.45, 2.75) is 25.9 Å². The van der Waals surface area contributed by atoms with Crippen molar-refractivity contribution in [2.24, 2.45) is 0 Å². The molecule has 0 aliphatic heterocycles. The molecule has 0 aliphatic rings. The molecule has 0 saturated carbocycles. The summed E-state index contributed by atoms with van der Waals surface area (Å²) in [6.45, 7) is 4.60. The molecule has 0 amide bonds. The van der Waals surface area contributed by atoms with Gasteiger partial charge in [0.2, 0.25) is 5.13 Å². The lowest BCUT2D eigenvalue weighted by Crippen LogP contribution is -2.34. The summed E-state index contributed by atoms with van der Waals surface area (Å²) in [6, 6.07) is 0. The second-order valence-electron chi connectivity index (χ2n) is 3.74. The number of hydrogen-bond donors (Lipinski definition) is 2. The van der Waals surface area contributed by atoms with Gasteiger partial charge in [0.05, 0.1) is 5.60 Å². The highest BCUT2D eigenvalue weighted by Crippen LogP contribution is 2.14. The van der Waals surface area contributed by atoms with E-state index in [9.17, 15) is 5.11 Å². The largest absolute Gasteiger partial charge is 0.388 e. The Hall–Kier alpha value is -0.720. The van der Waals surface area contributed by atoms with Crippen molar-refractivity contribution >= 4 is 16.7 Å². The zero-order valence-electron chi connectivity index (χ0n) is 9.28. The number of aliphatic hydroxyl groups is 1. The van der Waals surface area contributed by atoms with Crippen molar-refractivity contribution in [1.82, 2.24) is 9.36 Å². The summed E-state index contributed by atoms with van der Waals surface area (Å²) in [4.78, 5) is 4.15. The van der Waals surface area contributed by atoms with Gasteiger partial charge in [-0.2, -0.15) is 4.37 Å². The average Bonchev–Trinajstić information content (AvgIpc) is 2.59. The fourth-order valence-corrected chi connectivity index (χ4v) is 1.61. The third-order valence-corrected chi connectivity index (χ3v) is 2.76. The van der Waals surface area contributed by atoms with Crippen LogP contribution in [0.3, 0.4) is 0 Å². The predicted molar refractivity (Wildman–Crippen MR) is 60.3 cm³/mol. The minimum atomic E-state index is -0.782. The number of nitrogens with one attached hydrogen (secondary N) is 1. The first kappa shape index (κ1) is 12.4. The van der Waals surface area contributed by atoms with Crippen molar-refractivity contribution in [3.8, 4) is 0 Å². The number of aromatic nitrogens is 2. The summed E-state index contributed by atoms with van der Waals surface area (Å²) in [5.41, 5.74) is -0.782. The van der Waals surface area contributed by atoms with E-state index in [0.29, 0.717) is 19.6 Å². The first-order chi connectivity index (χ1) is 7.03. The van der Waals surface area contributed by atoms with Crippen LogP contribution in [0.4, 0.5) is 5.13 Å². The molecule has 1 aromatic rings. The average molecular weight is 231 g/mol. The van der Waals surface area contributed by atoms with E-state index >= 15 is 0 Å². The summed E-state index contributed by atoms with van der Waals surface area (Å²) in [7, 11) is 1.62. The summed E-state index contributed by atoms with van der Waals surface area (Å²) in [5, 5.41) is 13.7. The number of methoxy groups -OCH3 is 1. The Morgan fingerprint density at radius 2 is 2.33 bits per heavy atom. The minimum absolute atomic E-state index is 0.449. The maximum Gasteiger partial charge on any atom is 0.202 e. The van der Waals surface area contributed by atoms with E-state index in [1.165, 1.54) is 11.5 Å². The lowest BCUT2D eigenvalue weighted by molar-refractivity contribution is 0.0357.